The minimum absolute atomic E-state index is 0.246. The number of aliphatic hydroxyl groups excluding tert-OH is 1. The smallest absolute Gasteiger partial charge is 0.389 e. The zero-order valence-corrected chi connectivity index (χ0v) is 10.7. The van der Waals surface area contributed by atoms with Crippen molar-refractivity contribution in [3.05, 3.63) is 29.8 Å². The third-order valence-corrected chi connectivity index (χ3v) is 2.68. The SMILES string of the molecule is CC(C)N(CC(F)(F)F)c1ccc([C@H](C)O)cc1. The van der Waals surface area contributed by atoms with Gasteiger partial charge in [0.15, 0.2) is 0 Å². The molecule has 0 amide bonds. The van der Waals surface area contributed by atoms with Gasteiger partial charge in [0.05, 0.1) is 6.10 Å². The van der Waals surface area contributed by atoms with Crippen LogP contribution in [0.25, 0.3) is 0 Å². The van der Waals surface area contributed by atoms with E-state index in [-0.39, 0.29) is 6.04 Å². The first-order valence-electron chi connectivity index (χ1n) is 5.82. The lowest BCUT2D eigenvalue weighted by Crippen LogP contribution is -2.39. The van der Waals surface area contributed by atoms with Gasteiger partial charge in [0.2, 0.25) is 0 Å². The standard InChI is InChI=1S/C13H18F3NO/c1-9(2)17(8-13(14,15)16)12-6-4-11(5-7-12)10(3)18/h4-7,9-10,18H,8H2,1-3H3/t10-/m0/s1. The molecule has 18 heavy (non-hydrogen) atoms. The van der Waals surface area contributed by atoms with Crippen molar-refractivity contribution in [2.75, 3.05) is 11.4 Å². The van der Waals surface area contributed by atoms with Crippen LogP contribution in [0.5, 0.6) is 0 Å². The molecular weight excluding hydrogens is 243 g/mol. The Kier molecular flexibility index (Phi) is 4.62. The summed E-state index contributed by atoms with van der Waals surface area (Å²) in [6.07, 6.45) is -4.85. The van der Waals surface area contributed by atoms with Crippen LogP contribution in [0.3, 0.4) is 0 Å². The Hall–Kier alpha value is -1.23. The predicted molar refractivity (Wildman–Crippen MR) is 65.6 cm³/mol. The first-order valence-corrected chi connectivity index (χ1v) is 5.82. The molecule has 102 valence electrons. The van der Waals surface area contributed by atoms with Crippen LogP contribution in [-0.4, -0.2) is 23.9 Å². The van der Waals surface area contributed by atoms with Gasteiger partial charge in [-0.25, -0.2) is 0 Å². The molecule has 0 aliphatic heterocycles. The molecule has 0 bridgehead atoms. The lowest BCUT2D eigenvalue weighted by atomic mass is 10.1. The highest BCUT2D eigenvalue weighted by molar-refractivity contribution is 5.48. The Labute approximate surface area is 105 Å². The fourth-order valence-electron chi connectivity index (χ4n) is 1.71. The Morgan fingerprint density at radius 2 is 1.61 bits per heavy atom. The summed E-state index contributed by atoms with van der Waals surface area (Å²) in [5, 5.41) is 9.36. The minimum Gasteiger partial charge on any atom is -0.389 e. The molecular formula is C13H18F3NO. The van der Waals surface area contributed by atoms with Crippen molar-refractivity contribution in [1.82, 2.24) is 0 Å². The zero-order chi connectivity index (χ0) is 13.9. The summed E-state index contributed by atoms with van der Waals surface area (Å²) in [5.41, 5.74) is 1.20. The fourth-order valence-corrected chi connectivity index (χ4v) is 1.71. The Morgan fingerprint density at radius 3 is 1.94 bits per heavy atom. The van der Waals surface area contributed by atoms with Crippen molar-refractivity contribution >= 4 is 5.69 Å². The molecule has 0 unspecified atom stereocenters. The van der Waals surface area contributed by atoms with Crippen molar-refractivity contribution in [2.45, 2.75) is 39.1 Å². The summed E-state index contributed by atoms with van der Waals surface area (Å²) in [6, 6.07) is 6.25. The minimum atomic E-state index is -4.23. The maximum absolute atomic E-state index is 12.5. The van der Waals surface area contributed by atoms with E-state index in [1.54, 1.807) is 45.0 Å². The van der Waals surface area contributed by atoms with Crippen LogP contribution < -0.4 is 4.90 Å². The highest BCUT2D eigenvalue weighted by Gasteiger charge is 2.31. The van der Waals surface area contributed by atoms with E-state index in [0.717, 1.165) is 0 Å². The fraction of sp³-hybridized carbons (Fsp3) is 0.538. The second-order valence-corrected chi connectivity index (χ2v) is 4.60. The number of benzene rings is 1. The number of nitrogens with zero attached hydrogens (tertiary/aromatic N) is 1. The van der Waals surface area contributed by atoms with Crippen molar-refractivity contribution in [1.29, 1.82) is 0 Å². The van der Waals surface area contributed by atoms with Gasteiger partial charge in [0, 0.05) is 11.7 Å². The zero-order valence-electron chi connectivity index (χ0n) is 10.7. The molecule has 5 heteroatoms. The van der Waals surface area contributed by atoms with Crippen LogP contribution in [-0.2, 0) is 0 Å². The molecule has 2 nitrogen and oxygen atoms in total. The summed E-state index contributed by atoms with van der Waals surface area (Å²) in [5.74, 6) is 0. The summed E-state index contributed by atoms with van der Waals surface area (Å²) in [6.45, 7) is 4.08. The Bertz CT molecular complexity index is 371. The number of rotatable bonds is 4. The van der Waals surface area contributed by atoms with Crippen LogP contribution in [0.4, 0.5) is 18.9 Å². The quantitative estimate of drug-likeness (QED) is 0.896. The van der Waals surface area contributed by atoms with Gasteiger partial charge >= 0.3 is 6.18 Å². The molecule has 0 fully saturated rings. The van der Waals surface area contributed by atoms with E-state index >= 15 is 0 Å². The maximum Gasteiger partial charge on any atom is 0.405 e. The molecule has 1 aromatic carbocycles. The van der Waals surface area contributed by atoms with Gasteiger partial charge in [-0.1, -0.05) is 12.1 Å². The number of anilines is 1. The summed E-state index contributed by atoms with van der Waals surface area (Å²) < 4.78 is 37.4. The molecule has 0 heterocycles. The van der Waals surface area contributed by atoms with E-state index < -0.39 is 18.8 Å². The number of hydrogen-bond donors (Lipinski definition) is 1. The van der Waals surface area contributed by atoms with Crippen LogP contribution in [0.1, 0.15) is 32.4 Å². The number of halogens is 3. The second kappa shape index (κ2) is 5.61. The first kappa shape index (κ1) is 14.8. The van der Waals surface area contributed by atoms with Crippen molar-refractivity contribution in [3.63, 3.8) is 0 Å². The number of aliphatic hydroxyl groups is 1. The number of hydrogen-bond acceptors (Lipinski definition) is 2. The topological polar surface area (TPSA) is 23.5 Å². The molecule has 0 saturated heterocycles. The predicted octanol–water partition coefficient (Wildman–Crippen LogP) is 3.52. The van der Waals surface area contributed by atoms with Crippen LogP contribution >= 0.6 is 0 Å². The third kappa shape index (κ3) is 4.22. The summed E-state index contributed by atoms with van der Waals surface area (Å²) in [4.78, 5) is 1.28. The van der Waals surface area contributed by atoms with Crippen LogP contribution in [0, 0.1) is 0 Å². The molecule has 1 rings (SSSR count). The van der Waals surface area contributed by atoms with Crippen LogP contribution in [0.15, 0.2) is 24.3 Å². The van der Waals surface area contributed by atoms with Crippen molar-refractivity contribution in [2.24, 2.45) is 0 Å². The van der Waals surface area contributed by atoms with E-state index in [0.29, 0.717) is 11.3 Å². The molecule has 0 spiro atoms. The normalized spacial score (nSPS) is 13.8. The molecule has 1 N–H and O–H groups in total. The van der Waals surface area contributed by atoms with Crippen molar-refractivity contribution < 1.29 is 18.3 Å². The van der Waals surface area contributed by atoms with Gasteiger partial charge in [-0.3, -0.25) is 0 Å². The van der Waals surface area contributed by atoms with Gasteiger partial charge in [-0.05, 0) is 38.5 Å². The van der Waals surface area contributed by atoms with E-state index in [2.05, 4.69) is 0 Å². The van der Waals surface area contributed by atoms with Gasteiger partial charge in [-0.15, -0.1) is 0 Å². The lowest BCUT2D eigenvalue weighted by Gasteiger charge is -2.30. The highest BCUT2D eigenvalue weighted by atomic mass is 19.4. The lowest BCUT2D eigenvalue weighted by molar-refractivity contribution is -0.120. The van der Waals surface area contributed by atoms with E-state index in [1.165, 1.54) is 4.90 Å². The van der Waals surface area contributed by atoms with Gasteiger partial charge in [0.25, 0.3) is 0 Å². The van der Waals surface area contributed by atoms with E-state index in [9.17, 15) is 18.3 Å². The monoisotopic (exact) mass is 261 g/mol. The molecule has 0 aromatic heterocycles. The van der Waals surface area contributed by atoms with Gasteiger partial charge in [0.1, 0.15) is 6.54 Å². The van der Waals surface area contributed by atoms with Gasteiger partial charge in [-0.2, -0.15) is 13.2 Å². The van der Waals surface area contributed by atoms with E-state index in [4.69, 9.17) is 0 Å². The average Bonchev–Trinajstić information content (AvgIpc) is 2.24. The van der Waals surface area contributed by atoms with Crippen LogP contribution in [0.2, 0.25) is 0 Å². The molecule has 1 aromatic rings. The number of alkyl halides is 3. The molecule has 0 radical (unpaired) electrons. The largest absolute Gasteiger partial charge is 0.405 e. The third-order valence-electron chi connectivity index (χ3n) is 2.68. The molecule has 0 saturated carbocycles. The average molecular weight is 261 g/mol. The molecule has 1 atom stereocenters. The van der Waals surface area contributed by atoms with Crippen molar-refractivity contribution in [3.8, 4) is 0 Å². The maximum atomic E-state index is 12.5. The van der Waals surface area contributed by atoms with Gasteiger partial charge < -0.3 is 10.0 Å². The summed E-state index contributed by atoms with van der Waals surface area (Å²) >= 11 is 0. The Balaban J connectivity index is 2.93. The highest BCUT2D eigenvalue weighted by Crippen LogP contribution is 2.25. The first-order chi connectivity index (χ1) is 8.20. The second-order valence-electron chi connectivity index (χ2n) is 4.60. The molecule has 0 aliphatic rings. The molecule has 0 aliphatic carbocycles. The van der Waals surface area contributed by atoms with E-state index in [1.807, 2.05) is 0 Å². The summed E-state index contributed by atoms with van der Waals surface area (Å²) in [7, 11) is 0. The Morgan fingerprint density at radius 1 is 1.11 bits per heavy atom.